The molecule has 3 N–H and O–H groups in total. The monoisotopic (exact) mass is 130 g/mol. The summed E-state index contributed by atoms with van der Waals surface area (Å²) in [5, 5.41) is 10.8. The zero-order chi connectivity index (χ0) is 6.85. The lowest BCUT2D eigenvalue weighted by Crippen LogP contribution is -2.42. The molecule has 0 spiro atoms. The van der Waals surface area contributed by atoms with E-state index in [0.29, 0.717) is 0 Å². The largest absolute Gasteiger partial charge is 0.392 e. The van der Waals surface area contributed by atoms with Crippen LogP contribution in [0.1, 0.15) is 19.8 Å². The smallest absolute Gasteiger partial charge is 0.0681 e. The van der Waals surface area contributed by atoms with Gasteiger partial charge in [0.15, 0.2) is 0 Å². The summed E-state index contributed by atoms with van der Waals surface area (Å²) in [7, 11) is 0. The number of nitrogens with two attached hydrogens (primary N) is 1. The van der Waals surface area contributed by atoms with Crippen LogP contribution in [0.5, 0.6) is 0 Å². The fourth-order valence-electron chi connectivity index (χ4n) is 1.33. The van der Waals surface area contributed by atoms with Gasteiger partial charge in [-0.1, -0.05) is 0 Å². The first-order valence-corrected chi connectivity index (χ1v) is 3.41. The summed E-state index contributed by atoms with van der Waals surface area (Å²) < 4.78 is 0. The Kier molecular flexibility index (Phi) is 2.05. The molecule has 1 fully saturated rings. The van der Waals surface area contributed by atoms with Crippen LogP contribution >= 0.6 is 0 Å². The summed E-state index contributed by atoms with van der Waals surface area (Å²) in [5.41, 5.74) is 0. The molecule has 1 aliphatic heterocycles. The van der Waals surface area contributed by atoms with Gasteiger partial charge in [-0.15, -0.1) is 0 Å². The number of rotatable bonds is 1. The fourth-order valence-corrected chi connectivity index (χ4v) is 1.33. The molecule has 3 heteroatoms. The van der Waals surface area contributed by atoms with Crippen molar-refractivity contribution < 1.29 is 5.11 Å². The molecule has 1 saturated heterocycles. The van der Waals surface area contributed by atoms with Crippen molar-refractivity contribution in [3.05, 3.63) is 0 Å². The van der Waals surface area contributed by atoms with Crippen LogP contribution in [0.15, 0.2) is 0 Å². The maximum absolute atomic E-state index is 9.10. The van der Waals surface area contributed by atoms with Crippen molar-refractivity contribution in [2.75, 3.05) is 6.54 Å². The number of hydrogen-bond acceptors (Lipinski definition) is 3. The molecule has 54 valence electrons. The van der Waals surface area contributed by atoms with E-state index < -0.39 is 0 Å². The van der Waals surface area contributed by atoms with Crippen molar-refractivity contribution in [2.24, 2.45) is 5.84 Å². The van der Waals surface area contributed by atoms with Gasteiger partial charge in [-0.3, -0.25) is 5.84 Å². The number of hydrogen-bond donors (Lipinski definition) is 2. The van der Waals surface area contributed by atoms with E-state index in [-0.39, 0.29) is 12.1 Å². The van der Waals surface area contributed by atoms with E-state index in [1.807, 2.05) is 0 Å². The Balaban J connectivity index is 2.40. The van der Waals surface area contributed by atoms with Crippen LogP contribution in [0.3, 0.4) is 0 Å². The van der Waals surface area contributed by atoms with E-state index in [2.05, 4.69) is 0 Å². The van der Waals surface area contributed by atoms with Crippen molar-refractivity contribution in [2.45, 2.75) is 31.9 Å². The Morgan fingerprint density at radius 3 is 2.67 bits per heavy atom. The Morgan fingerprint density at radius 2 is 2.44 bits per heavy atom. The molecule has 0 aliphatic carbocycles. The summed E-state index contributed by atoms with van der Waals surface area (Å²) in [6, 6.07) is 0.199. The van der Waals surface area contributed by atoms with E-state index in [4.69, 9.17) is 10.9 Å². The molecule has 3 nitrogen and oxygen atoms in total. The highest BCUT2D eigenvalue weighted by Crippen LogP contribution is 2.15. The van der Waals surface area contributed by atoms with Crippen LogP contribution in [0, 0.1) is 0 Å². The van der Waals surface area contributed by atoms with Crippen LogP contribution in [0.2, 0.25) is 0 Å². The highest BCUT2D eigenvalue weighted by molar-refractivity contribution is 4.78. The van der Waals surface area contributed by atoms with Crippen molar-refractivity contribution >= 4 is 0 Å². The van der Waals surface area contributed by atoms with Crippen molar-refractivity contribution in [1.82, 2.24) is 5.01 Å². The Bertz CT molecular complexity index is 95.1. The molecule has 0 bridgehead atoms. The third-order valence-electron chi connectivity index (χ3n) is 1.90. The third-order valence-corrected chi connectivity index (χ3v) is 1.90. The minimum absolute atomic E-state index is 0.199. The molecule has 0 unspecified atom stereocenters. The number of nitrogens with zero attached hydrogens (tertiary/aromatic N) is 1. The third kappa shape index (κ3) is 1.41. The Morgan fingerprint density at radius 1 is 1.78 bits per heavy atom. The van der Waals surface area contributed by atoms with Gasteiger partial charge in [0.05, 0.1) is 6.10 Å². The van der Waals surface area contributed by atoms with E-state index in [0.717, 1.165) is 19.4 Å². The molecule has 9 heavy (non-hydrogen) atoms. The van der Waals surface area contributed by atoms with Gasteiger partial charge in [0.2, 0.25) is 0 Å². The van der Waals surface area contributed by atoms with Gasteiger partial charge in [0.25, 0.3) is 0 Å². The molecule has 0 amide bonds. The molecule has 0 radical (unpaired) electrons. The second-order valence-corrected chi connectivity index (χ2v) is 2.69. The van der Waals surface area contributed by atoms with Gasteiger partial charge < -0.3 is 5.11 Å². The maximum atomic E-state index is 9.10. The second-order valence-electron chi connectivity index (χ2n) is 2.69. The van der Waals surface area contributed by atoms with Crippen LogP contribution in [-0.4, -0.2) is 28.8 Å². The average molecular weight is 130 g/mol. The zero-order valence-electron chi connectivity index (χ0n) is 5.75. The van der Waals surface area contributed by atoms with Gasteiger partial charge in [0.1, 0.15) is 0 Å². The van der Waals surface area contributed by atoms with Gasteiger partial charge in [-0.25, -0.2) is 5.01 Å². The van der Waals surface area contributed by atoms with Gasteiger partial charge >= 0.3 is 0 Å². The fraction of sp³-hybridized carbons (Fsp3) is 1.00. The summed E-state index contributed by atoms with van der Waals surface area (Å²) in [5.74, 6) is 5.55. The minimum Gasteiger partial charge on any atom is -0.392 e. The lowest BCUT2D eigenvalue weighted by atomic mass is 10.1. The van der Waals surface area contributed by atoms with Gasteiger partial charge in [0, 0.05) is 12.6 Å². The lowest BCUT2D eigenvalue weighted by molar-refractivity contribution is 0.0871. The zero-order valence-corrected chi connectivity index (χ0v) is 5.75. The number of aliphatic hydroxyl groups is 1. The average Bonchev–Trinajstić information content (AvgIpc) is 2.13. The number of hydrazine groups is 1. The molecule has 0 aromatic carbocycles. The van der Waals surface area contributed by atoms with E-state index in [1.54, 1.807) is 11.9 Å². The normalized spacial score (nSPS) is 33.0. The molecule has 0 saturated carbocycles. The van der Waals surface area contributed by atoms with Gasteiger partial charge in [-0.05, 0) is 19.8 Å². The first kappa shape index (κ1) is 6.99. The first-order valence-electron chi connectivity index (χ1n) is 3.41. The maximum Gasteiger partial charge on any atom is 0.0681 e. The van der Waals surface area contributed by atoms with Crippen LogP contribution in [0.25, 0.3) is 0 Å². The van der Waals surface area contributed by atoms with Gasteiger partial charge in [-0.2, -0.15) is 0 Å². The van der Waals surface area contributed by atoms with Crippen molar-refractivity contribution in [3.8, 4) is 0 Å². The molecule has 1 heterocycles. The molecule has 1 aliphatic rings. The molecule has 0 aromatic heterocycles. The van der Waals surface area contributed by atoms with E-state index in [9.17, 15) is 0 Å². The van der Waals surface area contributed by atoms with Crippen LogP contribution < -0.4 is 5.84 Å². The highest BCUT2D eigenvalue weighted by Gasteiger charge is 2.25. The standard InChI is InChI=1S/C6H14N2O/c1-5(9)6-3-2-4-8(6)7/h5-6,9H,2-4,7H2,1H3/t5-,6+/m1/s1. The topological polar surface area (TPSA) is 49.5 Å². The van der Waals surface area contributed by atoms with Crippen molar-refractivity contribution in [1.29, 1.82) is 0 Å². The lowest BCUT2D eigenvalue weighted by Gasteiger charge is -2.20. The SMILES string of the molecule is C[C@@H](O)[C@@H]1CCCN1N. The molecule has 1 rings (SSSR count). The van der Waals surface area contributed by atoms with E-state index in [1.165, 1.54) is 0 Å². The molecular formula is C6H14N2O. The summed E-state index contributed by atoms with van der Waals surface area (Å²) >= 11 is 0. The predicted molar refractivity (Wildman–Crippen MR) is 35.6 cm³/mol. The molecular weight excluding hydrogens is 116 g/mol. The Hall–Kier alpha value is -0.120. The Labute approximate surface area is 55.4 Å². The first-order chi connectivity index (χ1) is 4.22. The summed E-state index contributed by atoms with van der Waals surface area (Å²) in [6.45, 7) is 2.71. The molecule has 2 atom stereocenters. The van der Waals surface area contributed by atoms with E-state index >= 15 is 0 Å². The summed E-state index contributed by atoms with van der Waals surface area (Å²) in [4.78, 5) is 0. The minimum atomic E-state index is -0.280. The highest BCUT2D eigenvalue weighted by atomic mass is 16.3. The van der Waals surface area contributed by atoms with Crippen LogP contribution in [-0.2, 0) is 0 Å². The van der Waals surface area contributed by atoms with Crippen molar-refractivity contribution in [3.63, 3.8) is 0 Å². The molecule has 0 aromatic rings. The quantitative estimate of drug-likeness (QED) is 0.479. The summed E-state index contributed by atoms with van der Waals surface area (Å²) in [6.07, 6.45) is 1.87. The number of aliphatic hydroxyl groups excluding tert-OH is 1. The van der Waals surface area contributed by atoms with Crippen LogP contribution in [0.4, 0.5) is 0 Å². The predicted octanol–water partition coefficient (Wildman–Crippen LogP) is -0.295. The second kappa shape index (κ2) is 2.64.